The quantitative estimate of drug-likeness (QED) is 0.756. The zero-order chi connectivity index (χ0) is 12.0. The topological polar surface area (TPSA) is 46.3 Å². The fourth-order valence-electron chi connectivity index (χ4n) is 1.28. The summed E-state index contributed by atoms with van der Waals surface area (Å²) < 4.78 is 0. The lowest BCUT2D eigenvalue weighted by Gasteiger charge is -2.30. The Labute approximate surface area is 97.8 Å². The Morgan fingerprint density at radius 3 is 2.33 bits per heavy atom. The van der Waals surface area contributed by atoms with Crippen molar-refractivity contribution in [3.05, 3.63) is 0 Å². The summed E-state index contributed by atoms with van der Waals surface area (Å²) >= 11 is 1.72. The van der Waals surface area contributed by atoms with E-state index in [1.807, 2.05) is 13.3 Å². The first-order valence-electron chi connectivity index (χ1n) is 5.43. The van der Waals surface area contributed by atoms with Gasteiger partial charge in [0.15, 0.2) is 0 Å². The molecular weight excluding hydrogens is 208 g/mol. The van der Waals surface area contributed by atoms with Crippen LogP contribution in [0.25, 0.3) is 0 Å². The van der Waals surface area contributed by atoms with E-state index in [-0.39, 0.29) is 18.0 Å². The summed E-state index contributed by atoms with van der Waals surface area (Å²) in [5, 5.41) is 0. The summed E-state index contributed by atoms with van der Waals surface area (Å²) in [6, 6.07) is -0.0959. The number of likely N-dealkylation sites (N-methyl/N-ethyl adjacent to an activating group) is 1. The number of hydrogen-bond acceptors (Lipinski definition) is 3. The average Bonchev–Trinajstić information content (AvgIpc) is 2.22. The van der Waals surface area contributed by atoms with Gasteiger partial charge in [-0.2, -0.15) is 11.8 Å². The van der Waals surface area contributed by atoms with E-state index < -0.39 is 0 Å². The molecule has 0 spiro atoms. The van der Waals surface area contributed by atoms with Crippen molar-refractivity contribution in [2.45, 2.75) is 39.3 Å². The van der Waals surface area contributed by atoms with E-state index in [0.717, 1.165) is 12.2 Å². The molecule has 0 bridgehead atoms. The summed E-state index contributed by atoms with van der Waals surface area (Å²) in [6.45, 7) is 6.29. The van der Waals surface area contributed by atoms with Crippen LogP contribution in [-0.4, -0.2) is 41.9 Å². The van der Waals surface area contributed by atoms with Crippen LogP contribution >= 0.6 is 11.8 Å². The van der Waals surface area contributed by atoms with Crippen molar-refractivity contribution in [2.75, 3.05) is 19.1 Å². The highest BCUT2D eigenvalue weighted by Gasteiger charge is 2.23. The molecule has 0 aromatic heterocycles. The van der Waals surface area contributed by atoms with Crippen LogP contribution in [0.3, 0.4) is 0 Å². The molecule has 2 N–H and O–H groups in total. The SMILES string of the molecule is CSCC[C@H](N)C(=O)N(C)C(C)C(C)C. The first-order valence-corrected chi connectivity index (χ1v) is 6.82. The third-order valence-corrected chi connectivity index (χ3v) is 3.52. The molecule has 0 aromatic carbocycles. The van der Waals surface area contributed by atoms with Gasteiger partial charge in [-0.05, 0) is 31.3 Å². The summed E-state index contributed by atoms with van der Waals surface area (Å²) in [5.41, 5.74) is 5.84. The van der Waals surface area contributed by atoms with Crippen LogP contribution in [0.2, 0.25) is 0 Å². The first-order chi connectivity index (χ1) is 6.91. The number of amides is 1. The second-order valence-corrected chi connectivity index (χ2v) is 5.31. The van der Waals surface area contributed by atoms with Crippen molar-refractivity contribution in [1.82, 2.24) is 4.90 Å². The summed E-state index contributed by atoms with van der Waals surface area (Å²) in [5.74, 6) is 1.47. The molecule has 0 saturated carbocycles. The van der Waals surface area contributed by atoms with E-state index in [0.29, 0.717) is 5.92 Å². The highest BCUT2D eigenvalue weighted by molar-refractivity contribution is 7.98. The van der Waals surface area contributed by atoms with Gasteiger partial charge in [-0.3, -0.25) is 4.79 Å². The van der Waals surface area contributed by atoms with Crippen molar-refractivity contribution >= 4 is 17.7 Å². The van der Waals surface area contributed by atoms with Crippen LogP contribution < -0.4 is 5.73 Å². The van der Waals surface area contributed by atoms with Crippen LogP contribution in [0.1, 0.15) is 27.2 Å². The Kier molecular flexibility index (Phi) is 7.02. The highest BCUT2D eigenvalue weighted by atomic mass is 32.2. The van der Waals surface area contributed by atoms with E-state index in [4.69, 9.17) is 5.73 Å². The average molecular weight is 232 g/mol. The molecule has 0 fully saturated rings. The molecule has 0 aromatic rings. The van der Waals surface area contributed by atoms with Gasteiger partial charge < -0.3 is 10.6 Å². The summed E-state index contributed by atoms with van der Waals surface area (Å²) in [6.07, 6.45) is 2.78. The van der Waals surface area contributed by atoms with Crippen molar-refractivity contribution in [1.29, 1.82) is 0 Å². The van der Waals surface area contributed by atoms with E-state index in [1.165, 1.54) is 0 Å². The fourth-order valence-corrected chi connectivity index (χ4v) is 1.77. The molecule has 4 heteroatoms. The number of nitrogens with two attached hydrogens (primary N) is 1. The monoisotopic (exact) mass is 232 g/mol. The predicted octanol–water partition coefficient (Wildman–Crippen LogP) is 1.57. The van der Waals surface area contributed by atoms with Gasteiger partial charge in [0.05, 0.1) is 6.04 Å². The van der Waals surface area contributed by atoms with Crippen LogP contribution in [0.15, 0.2) is 0 Å². The lowest BCUT2D eigenvalue weighted by molar-refractivity contribution is -0.133. The van der Waals surface area contributed by atoms with E-state index >= 15 is 0 Å². The van der Waals surface area contributed by atoms with Crippen molar-refractivity contribution in [3.63, 3.8) is 0 Å². The van der Waals surface area contributed by atoms with Crippen LogP contribution in [0.4, 0.5) is 0 Å². The number of nitrogens with zero attached hydrogens (tertiary/aromatic N) is 1. The zero-order valence-corrected chi connectivity index (χ0v) is 11.3. The Morgan fingerprint density at radius 1 is 1.40 bits per heavy atom. The highest BCUT2D eigenvalue weighted by Crippen LogP contribution is 2.10. The second kappa shape index (κ2) is 7.12. The van der Waals surface area contributed by atoms with Crippen molar-refractivity contribution < 1.29 is 4.79 Å². The molecule has 15 heavy (non-hydrogen) atoms. The second-order valence-electron chi connectivity index (χ2n) is 4.32. The molecule has 0 rings (SSSR count). The zero-order valence-electron chi connectivity index (χ0n) is 10.5. The normalized spacial score (nSPS) is 15.1. The molecule has 1 unspecified atom stereocenters. The molecule has 0 aliphatic carbocycles. The maximum absolute atomic E-state index is 11.9. The van der Waals surface area contributed by atoms with Gasteiger partial charge in [-0.25, -0.2) is 0 Å². The van der Waals surface area contributed by atoms with E-state index in [2.05, 4.69) is 20.8 Å². The maximum Gasteiger partial charge on any atom is 0.239 e. The van der Waals surface area contributed by atoms with E-state index in [1.54, 1.807) is 16.7 Å². The minimum absolute atomic E-state index is 0.0604. The molecule has 2 atom stereocenters. The van der Waals surface area contributed by atoms with Gasteiger partial charge in [-0.1, -0.05) is 13.8 Å². The molecule has 0 radical (unpaired) electrons. The van der Waals surface area contributed by atoms with Crippen LogP contribution in [0, 0.1) is 5.92 Å². The number of carbonyl (C=O) groups is 1. The molecule has 3 nitrogen and oxygen atoms in total. The lowest BCUT2D eigenvalue weighted by atomic mass is 10.0. The van der Waals surface area contributed by atoms with Gasteiger partial charge in [0.1, 0.15) is 0 Å². The van der Waals surface area contributed by atoms with Crippen LogP contribution in [0.5, 0.6) is 0 Å². The summed E-state index contributed by atoms with van der Waals surface area (Å²) in [4.78, 5) is 13.7. The maximum atomic E-state index is 11.9. The predicted molar refractivity (Wildman–Crippen MR) is 68.0 cm³/mol. The molecule has 0 aliphatic heterocycles. The smallest absolute Gasteiger partial charge is 0.239 e. The Hall–Kier alpha value is -0.220. The number of thioether (sulfide) groups is 1. The van der Waals surface area contributed by atoms with Gasteiger partial charge in [0, 0.05) is 13.1 Å². The Balaban J connectivity index is 4.18. The minimum atomic E-state index is -0.344. The molecule has 90 valence electrons. The molecule has 0 heterocycles. The fraction of sp³-hybridized carbons (Fsp3) is 0.909. The molecule has 0 saturated heterocycles. The van der Waals surface area contributed by atoms with Gasteiger partial charge in [-0.15, -0.1) is 0 Å². The Morgan fingerprint density at radius 2 is 1.93 bits per heavy atom. The standard InChI is InChI=1S/C11H24N2OS/c1-8(2)9(3)13(4)11(14)10(12)6-7-15-5/h8-10H,6-7,12H2,1-5H3/t9?,10-/m0/s1. The number of rotatable bonds is 6. The van der Waals surface area contributed by atoms with Crippen molar-refractivity contribution in [2.24, 2.45) is 11.7 Å². The number of hydrogen-bond donors (Lipinski definition) is 1. The first kappa shape index (κ1) is 14.8. The minimum Gasteiger partial charge on any atom is -0.341 e. The number of carbonyl (C=O) groups excluding carboxylic acids is 1. The third kappa shape index (κ3) is 4.89. The third-order valence-electron chi connectivity index (χ3n) is 2.87. The Bertz CT molecular complexity index is 197. The summed E-state index contributed by atoms with van der Waals surface area (Å²) in [7, 11) is 1.84. The molecular formula is C11H24N2OS. The van der Waals surface area contributed by atoms with Gasteiger partial charge in [0.2, 0.25) is 5.91 Å². The van der Waals surface area contributed by atoms with Gasteiger partial charge in [0.25, 0.3) is 0 Å². The lowest BCUT2D eigenvalue weighted by Crippen LogP contribution is -2.47. The van der Waals surface area contributed by atoms with Crippen LogP contribution in [-0.2, 0) is 4.79 Å². The van der Waals surface area contributed by atoms with E-state index in [9.17, 15) is 4.79 Å². The molecule has 0 aliphatic rings. The van der Waals surface area contributed by atoms with Crippen molar-refractivity contribution in [3.8, 4) is 0 Å². The van der Waals surface area contributed by atoms with Gasteiger partial charge >= 0.3 is 0 Å². The largest absolute Gasteiger partial charge is 0.341 e. The molecule has 1 amide bonds.